The molecule has 0 aliphatic carbocycles. The predicted octanol–water partition coefficient (Wildman–Crippen LogP) is 2.81. The van der Waals surface area contributed by atoms with Gasteiger partial charge in [-0.25, -0.2) is 26.6 Å². The third kappa shape index (κ3) is 2.45. The quantitative estimate of drug-likeness (QED) is 0.676. The Kier molecular flexibility index (Phi) is 3.52. The highest BCUT2D eigenvalue weighted by atomic mass is 79.9. The Morgan fingerprint density at radius 2 is 2.00 bits per heavy atom. The summed E-state index contributed by atoms with van der Waals surface area (Å²) in [6, 6.07) is 0.761. The number of benzene rings is 1. The highest BCUT2D eigenvalue weighted by molar-refractivity contribution is 9.10. The van der Waals surface area contributed by atoms with Crippen LogP contribution in [0.25, 0.3) is 10.2 Å². The van der Waals surface area contributed by atoms with Gasteiger partial charge < -0.3 is 0 Å². The lowest BCUT2D eigenvalue weighted by molar-refractivity contribution is 0.453. The van der Waals surface area contributed by atoms with Gasteiger partial charge in [-0.05, 0) is 6.07 Å². The van der Waals surface area contributed by atoms with E-state index in [2.05, 4.69) is 20.9 Å². The van der Waals surface area contributed by atoms with Crippen LogP contribution in [-0.4, -0.2) is 18.1 Å². The summed E-state index contributed by atoms with van der Waals surface area (Å²) in [6.07, 6.45) is 0. The molecule has 4 nitrogen and oxygen atoms in total. The third-order valence-corrected chi connectivity index (χ3v) is 5.55. The van der Waals surface area contributed by atoms with Crippen molar-refractivity contribution < 1.29 is 21.6 Å². The van der Waals surface area contributed by atoms with Crippen LogP contribution >= 0.6 is 27.3 Å². The Hall–Kier alpha value is -0.870. The monoisotopic (exact) mass is 360 g/mol. The SMILES string of the molecule is O=S(=O)(CBr)Nc1nc2c(F)c(F)c(F)cc2s1. The first-order valence-electron chi connectivity index (χ1n) is 4.34. The van der Waals surface area contributed by atoms with Crippen LogP contribution in [0, 0.1) is 17.5 Å². The molecule has 0 atom stereocenters. The van der Waals surface area contributed by atoms with E-state index in [-0.39, 0.29) is 14.5 Å². The maximum atomic E-state index is 13.3. The molecule has 10 heteroatoms. The molecule has 18 heavy (non-hydrogen) atoms. The number of nitrogens with one attached hydrogen (secondary N) is 1. The van der Waals surface area contributed by atoms with Crippen LogP contribution in [-0.2, 0) is 10.0 Å². The fourth-order valence-corrected chi connectivity index (χ4v) is 3.17. The first kappa shape index (κ1) is 13.6. The van der Waals surface area contributed by atoms with Crippen LogP contribution in [0.2, 0.25) is 0 Å². The lowest BCUT2D eigenvalue weighted by Crippen LogP contribution is -2.12. The van der Waals surface area contributed by atoms with Crippen molar-refractivity contribution in [3.63, 3.8) is 0 Å². The number of halogens is 4. The Balaban J connectivity index is 2.55. The number of rotatable bonds is 3. The predicted molar refractivity (Wildman–Crippen MR) is 65.8 cm³/mol. The molecule has 0 unspecified atom stereocenters. The molecule has 0 fully saturated rings. The molecular weight excluding hydrogens is 357 g/mol. The van der Waals surface area contributed by atoms with E-state index in [0.717, 1.165) is 6.07 Å². The molecule has 0 saturated carbocycles. The zero-order chi connectivity index (χ0) is 13.5. The van der Waals surface area contributed by atoms with E-state index >= 15 is 0 Å². The number of hydrogen-bond donors (Lipinski definition) is 1. The first-order chi connectivity index (χ1) is 8.34. The third-order valence-electron chi connectivity index (χ3n) is 1.91. The van der Waals surface area contributed by atoms with Crippen LogP contribution in [0.3, 0.4) is 0 Å². The van der Waals surface area contributed by atoms with Crippen LogP contribution in [0.15, 0.2) is 6.07 Å². The van der Waals surface area contributed by atoms with E-state index in [0.29, 0.717) is 11.3 Å². The highest BCUT2D eigenvalue weighted by Crippen LogP contribution is 2.30. The van der Waals surface area contributed by atoms with Gasteiger partial charge in [-0.1, -0.05) is 27.3 Å². The average Bonchev–Trinajstić information content (AvgIpc) is 2.68. The van der Waals surface area contributed by atoms with E-state index in [9.17, 15) is 21.6 Å². The number of thiazole rings is 1. The summed E-state index contributed by atoms with van der Waals surface area (Å²) in [7, 11) is -3.65. The number of alkyl halides is 1. The minimum atomic E-state index is -3.65. The number of hydrogen-bond acceptors (Lipinski definition) is 4. The molecule has 0 spiro atoms. The molecule has 2 rings (SSSR count). The van der Waals surface area contributed by atoms with Crippen molar-refractivity contribution in [1.82, 2.24) is 4.98 Å². The molecule has 1 heterocycles. The lowest BCUT2D eigenvalue weighted by Gasteiger charge is -1.98. The largest absolute Gasteiger partial charge is 0.258 e. The van der Waals surface area contributed by atoms with Crippen LogP contribution in [0.5, 0.6) is 0 Å². The zero-order valence-electron chi connectivity index (χ0n) is 8.38. The van der Waals surface area contributed by atoms with Crippen molar-refractivity contribution in [2.45, 2.75) is 0 Å². The molecule has 0 aliphatic heterocycles. The maximum Gasteiger partial charge on any atom is 0.244 e. The second-order valence-corrected chi connectivity index (χ2v) is 7.23. The number of anilines is 1. The Bertz CT molecular complexity index is 717. The van der Waals surface area contributed by atoms with Crippen LogP contribution in [0.1, 0.15) is 0 Å². The van der Waals surface area contributed by atoms with Crippen LogP contribution < -0.4 is 4.72 Å². The van der Waals surface area contributed by atoms with Gasteiger partial charge in [-0.15, -0.1) is 0 Å². The Morgan fingerprint density at radius 1 is 1.33 bits per heavy atom. The maximum absolute atomic E-state index is 13.3. The number of nitrogens with zero attached hydrogens (tertiary/aromatic N) is 1. The van der Waals surface area contributed by atoms with Gasteiger partial charge in [-0.2, -0.15) is 0 Å². The topological polar surface area (TPSA) is 59.1 Å². The van der Waals surface area contributed by atoms with Gasteiger partial charge in [0.25, 0.3) is 0 Å². The fraction of sp³-hybridized carbons (Fsp3) is 0.125. The average molecular weight is 361 g/mol. The number of sulfonamides is 1. The van der Waals surface area contributed by atoms with E-state index < -0.39 is 33.0 Å². The van der Waals surface area contributed by atoms with Gasteiger partial charge >= 0.3 is 0 Å². The first-order valence-corrected chi connectivity index (χ1v) is 7.93. The molecule has 0 aliphatic rings. The van der Waals surface area contributed by atoms with E-state index in [1.165, 1.54) is 0 Å². The standard InChI is InChI=1S/C8H4BrF3N2O2S2/c9-2-18(15,16)14-8-13-7-4(17-8)1-3(10)5(11)6(7)12/h1H,2H2,(H,13,14). The second-order valence-electron chi connectivity index (χ2n) is 3.18. The van der Waals surface area contributed by atoms with Gasteiger partial charge in [0.05, 0.1) is 4.70 Å². The van der Waals surface area contributed by atoms with Crippen molar-refractivity contribution in [1.29, 1.82) is 0 Å². The fourth-order valence-electron chi connectivity index (χ4n) is 1.18. The van der Waals surface area contributed by atoms with Gasteiger partial charge in [0.1, 0.15) is 10.2 Å². The summed E-state index contributed by atoms with van der Waals surface area (Å²) >= 11 is 3.45. The van der Waals surface area contributed by atoms with Crippen molar-refractivity contribution in [3.8, 4) is 0 Å². The van der Waals surface area contributed by atoms with Crippen molar-refractivity contribution >= 4 is 52.6 Å². The number of aromatic nitrogens is 1. The summed E-state index contributed by atoms with van der Waals surface area (Å²) in [6.45, 7) is 0. The zero-order valence-corrected chi connectivity index (χ0v) is 11.6. The summed E-state index contributed by atoms with van der Waals surface area (Å²) in [5, 5.41) is -0.159. The molecule has 1 aromatic heterocycles. The van der Waals surface area contributed by atoms with Gasteiger partial charge in [-0.3, -0.25) is 4.72 Å². The van der Waals surface area contributed by atoms with Crippen molar-refractivity contribution in [2.75, 3.05) is 9.38 Å². The number of fused-ring (bicyclic) bond motifs is 1. The minimum absolute atomic E-state index is 0.0127. The highest BCUT2D eigenvalue weighted by Gasteiger charge is 2.19. The molecule has 1 aromatic carbocycles. The molecule has 2 aromatic rings. The molecule has 98 valence electrons. The van der Waals surface area contributed by atoms with Gasteiger partial charge in [0, 0.05) is 0 Å². The summed E-state index contributed by atoms with van der Waals surface area (Å²) in [5.74, 6) is -4.42. The molecule has 0 bridgehead atoms. The summed E-state index contributed by atoms with van der Waals surface area (Å²) in [4.78, 5) is 3.57. The Morgan fingerprint density at radius 3 is 2.61 bits per heavy atom. The molecular formula is C8H4BrF3N2O2S2. The van der Waals surface area contributed by atoms with Crippen molar-refractivity contribution in [2.24, 2.45) is 0 Å². The summed E-state index contributed by atoms with van der Waals surface area (Å²) < 4.78 is 63.4. The van der Waals surface area contributed by atoms with Gasteiger partial charge in [0.2, 0.25) is 10.0 Å². The molecule has 0 radical (unpaired) electrons. The lowest BCUT2D eigenvalue weighted by atomic mass is 10.3. The molecule has 1 N–H and O–H groups in total. The normalized spacial score (nSPS) is 12.0. The van der Waals surface area contributed by atoms with Crippen LogP contribution in [0.4, 0.5) is 18.3 Å². The Labute approximate surface area is 112 Å². The van der Waals surface area contributed by atoms with E-state index in [4.69, 9.17) is 0 Å². The minimum Gasteiger partial charge on any atom is -0.258 e. The smallest absolute Gasteiger partial charge is 0.244 e. The van der Waals surface area contributed by atoms with Gasteiger partial charge in [0.15, 0.2) is 22.6 Å². The molecule has 0 saturated heterocycles. The van der Waals surface area contributed by atoms with E-state index in [1.54, 1.807) is 0 Å². The second kappa shape index (κ2) is 4.67. The van der Waals surface area contributed by atoms with Crippen molar-refractivity contribution in [3.05, 3.63) is 23.5 Å². The molecule has 0 amide bonds. The van der Waals surface area contributed by atoms with E-state index in [1.807, 2.05) is 4.72 Å². The summed E-state index contributed by atoms with van der Waals surface area (Å²) in [5.41, 5.74) is -0.411.